The summed E-state index contributed by atoms with van der Waals surface area (Å²) in [5, 5.41) is 18.3. The van der Waals surface area contributed by atoms with Gasteiger partial charge in [-0.1, -0.05) is 6.07 Å². The van der Waals surface area contributed by atoms with Crippen molar-refractivity contribution in [3.8, 4) is 0 Å². The average Bonchev–Trinajstić information content (AvgIpc) is 2.30. The van der Waals surface area contributed by atoms with Gasteiger partial charge in [-0.15, -0.1) is 0 Å². The molecular formula is C14H22FNO2. The van der Waals surface area contributed by atoms with E-state index in [-0.39, 0.29) is 18.5 Å². The SMILES string of the molecule is CC(C)N(CCCO)c1ccc([C@H](C)O)cc1F. The number of hydrogen-bond acceptors (Lipinski definition) is 3. The second-order valence-electron chi connectivity index (χ2n) is 4.75. The molecule has 0 aliphatic heterocycles. The normalized spacial score (nSPS) is 12.8. The van der Waals surface area contributed by atoms with Crippen LogP contribution < -0.4 is 4.90 Å². The van der Waals surface area contributed by atoms with Crippen LogP contribution in [0.4, 0.5) is 10.1 Å². The van der Waals surface area contributed by atoms with Gasteiger partial charge in [-0.2, -0.15) is 0 Å². The van der Waals surface area contributed by atoms with E-state index in [0.717, 1.165) is 0 Å². The molecule has 0 radical (unpaired) electrons. The van der Waals surface area contributed by atoms with Crippen LogP contribution in [0.25, 0.3) is 0 Å². The van der Waals surface area contributed by atoms with Crippen molar-refractivity contribution in [2.75, 3.05) is 18.1 Å². The molecule has 3 nitrogen and oxygen atoms in total. The Hall–Kier alpha value is -1.13. The summed E-state index contributed by atoms with van der Waals surface area (Å²) in [4.78, 5) is 1.91. The number of anilines is 1. The van der Waals surface area contributed by atoms with Crippen molar-refractivity contribution in [2.45, 2.75) is 39.3 Å². The van der Waals surface area contributed by atoms with Gasteiger partial charge in [0, 0.05) is 19.2 Å². The van der Waals surface area contributed by atoms with E-state index >= 15 is 0 Å². The maximum absolute atomic E-state index is 14.0. The Balaban J connectivity index is 2.98. The Bertz CT molecular complexity index is 380. The molecule has 1 rings (SSSR count). The van der Waals surface area contributed by atoms with Crippen LogP contribution in [0, 0.1) is 5.82 Å². The largest absolute Gasteiger partial charge is 0.396 e. The molecule has 0 unspecified atom stereocenters. The molecule has 1 atom stereocenters. The van der Waals surface area contributed by atoms with Crippen LogP contribution in [0.5, 0.6) is 0 Å². The summed E-state index contributed by atoms with van der Waals surface area (Å²) < 4.78 is 14.0. The molecule has 0 spiro atoms. The highest BCUT2D eigenvalue weighted by atomic mass is 19.1. The zero-order valence-electron chi connectivity index (χ0n) is 11.2. The summed E-state index contributed by atoms with van der Waals surface area (Å²) >= 11 is 0. The van der Waals surface area contributed by atoms with Crippen LogP contribution in [0.15, 0.2) is 18.2 Å². The fourth-order valence-electron chi connectivity index (χ4n) is 1.91. The lowest BCUT2D eigenvalue weighted by atomic mass is 10.1. The molecule has 4 heteroatoms. The highest BCUT2D eigenvalue weighted by molar-refractivity contribution is 5.50. The zero-order valence-corrected chi connectivity index (χ0v) is 11.2. The maximum Gasteiger partial charge on any atom is 0.146 e. The second kappa shape index (κ2) is 6.71. The second-order valence-corrected chi connectivity index (χ2v) is 4.75. The average molecular weight is 255 g/mol. The molecule has 2 N–H and O–H groups in total. The van der Waals surface area contributed by atoms with Gasteiger partial charge >= 0.3 is 0 Å². The lowest BCUT2D eigenvalue weighted by Crippen LogP contribution is -2.33. The van der Waals surface area contributed by atoms with Crippen LogP contribution in [0.3, 0.4) is 0 Å². The molecule has 0 aliphatic carbocycles. The molecule has 0 saturated heterocycles. The molecule has 18 heavy (non-hydrogen) atoms. The molecule has 0 aromatic heterocycles. The van der Waals surface area contributed by atoms with Crippen molar-refractivity contribution in [3.63, 3.8) is 0 Å². The van der Waals surface area contributed by atoms with E-state index in [4.69, 9.17) is 5.11 Å². The Kier molecular flexibility index (Phi) is 5.56. The van der Waals surface area contributed by atoms with Gasteiger partial charge in [0.15, 0.2) is 0 Å². The van der Waals surface area contributed by atoms with Crippen molar-refractivity contribution >= 4 is 5.69 Å². The highest BCUT2D eigenvalue weighted by Gasteiger charge is 2.15. The first-order valence-corrected chi connectivity index (χ1v) is 6.32. The Morgan fingerprint density at radius 1 is 1.28 bits per heavy atom. The minimum atomic E-state index is -0.668. The molecule has 0 bridgehead atoms. The summed E-state index contributed by atoms with van der Waals surface area (Å²) in [7, 11) is 0. The van der Waals surface area contributed by atoms with E-state index in [1.807, 2.05) is 18.7 Å². The van der Waals surface area contributed by atoms with E-state index in [9.17, 15) is 9.50 Å². The molecule has 0 heterocycles. The van der Waals surface area contributed by atoms with E-state index in [0.29, 0.717) is 24.2 Å². The van der Waals surface area contributed by atoms with Gasteiger partial charge in [-0.05, 0) is 44.9 Å². The van der Waals surface area contributed by atoms with Crippen LogP contribution in [0.1, 0.15) is 38.9 Å². The maximum atomic E-state index is 14.0. The minimum absolute atomic E-state index is 0.0938. The van der Waals surface area contributed by atoms with Crippen LogP contribution >= 0.6 is 0 Å². The quantitative estimate of drug-likeness (QED) is 0.820. The topological polar surface area (TPSA) is 43.7 Å². The molecule has 1 aromatic carbocycles. The predicted molar refractivity (Wildman–Crippen MR) is 71.2 cm³/mol. The van der Waals surface area contributed by atoms with Gasteiger partial charge in [0.2, 0.25) is 0 Å². The molecule has 1 aromatic rings. The Morgan fingerprint density at radius 3 is 2.39 bits per heavy atom. The van der Waals surface area contributed by atoms with Crippen LogP contribution in [-0.2, 0) is 0 Å². The molecule has 0 fully saturated rings. The molecule has 102 valence electrons. The van der Waals surface area contributed by atoms with Gasteiger partial charge in [0.25, 0.3) is 0 Å². The summed E-state index contributed by atoms with van der Waals surface area (Å²) in [6.45, 7) is 6.29. The lowest BCUT2D eigenvalue weighted by molar-refractivity contribution is 0.199. The lowest BCUT2D eigenvalue weighted by Gasteiger charge is -2.29. The highest BCUT2D eigenvalue weighted by Crippen LogP contribution is 2.25. The predicted octanol–water partition coefficient (Wildman–Crippen LogP) is 2.48. The van der Waals surface area contributed by atoms with Crippen molar-refractivity contribution in [3.05, 3.63) is 29.6 Å². The number of aliphatic hydroxyl groups is 2. The van der Waals surface area contributed by atoms with Gasteiger partial charge in [0.05, 0.1) is 11.8 Å². The first-order chi connectivity index (χ1) is 8.47. The van der Waals surface area contributed by atoms with Gasteiger partial charge in [-0.25, -0.2) is 4.39 Å². The third-order valence-electron chi connectivity index (χ3n) is 2.94. The summed E-state index contributed by atoms with van der Waals surface area (Å²) in [5.74, 6) is -0.333. The molecule has 0 aliphatic rings. The number of hydrogen-bond donors (Lipinski definition) is 2. The first-order valence-electron chi connectivity index (χ1n) is 6.32. The third-order valence-corrected chi connectivity index (χ3v) is 2.94. The minimum Gasteiger partial charge on any atom is -0.396 e. The number of halogens is 1. The van der Waals surface area contributed by atoms with E-state index in [1.165, 1.54) is 6.07 Å². The van der Waals surface area contributed by atoms with Crippen molar-refractivity contribution in [2.24, 2.45) is 0 Å². The smallest absolute Gasteiger partial charge is 0.146 e. The van der Waals surface area contributed by atoms with Crippen LogP contribution in [0.2, 0.25) is 0 Å². The number of aliphatic hydroxyl groups excluding tert-OH is 2. The van der Waals surface area contributed by atoms with Gasteiger partial charge < -0.3 is 15.1 Å². The van der Waals surface area contributed by atoms with Crippen molar-refractivity contribution in [1.29, 1.82) is 0 Å². The molecular weight excluding hydrogens is 233 g/mol. The molecule has 0 amide bonds. The van der Waals surface area contributed by atoms with Crippen molar-refractivity contribution in [1.82, 2.24) is 0 Å². The third kappa shape index (κ3) is 3.68. The molecule has 0 saturated carbocycles. The Morgan fingerprint density at radius 2 is 1.94 bits per heavy atom. The number of benzene rings is 1. The summed E-state index contributed by atoms with van der Waals surface area (Å²) in [5.41, 5.74) is 1.09. The van der Waals surface area contributed by atoms with E-state index in [2.05, 4.69) is 0 Å². The van der Waals surface area contributed by atoms with E-state index in [1.54, 1.807) is 19.1 Å². The van der Waals surface area contributed by atoms with Crippen LogP contribution in [-0.4, -0.2) is 29.4 Å². The van der Waals surface area contributed by atoms with E-state index < -0.39 is 6.10 Å². The standard InChI is InChI=1S/C14H22FNO2/c1-10(2)16(7-4-8-17)14-6-5-12(11(3)18)9-13(14)15/h5-6,9-11,17-18H,4,7-8H2,1-3H3/t11-/m0/s1. The summed E-state index contributed by atoms with van der Waals surface area (Å²) in [6, 6.07) is 4.95. The van der Waals surface area contributed by atoms with Gasteiger partial charge in [0.1, 0.15) is 5.82 Å². The number of nitrogens with zero attached hydrogens (tertiary/aromatic N) is 1. The fourth-order valence-corrected chi connectivity index (χ4v) is 1.91. The zero-order chi connectivity index (χ0) is 13.7. The monoisotopic (exact) mass is 255 g/mol. The first kappa shape index (κ1) is 14.9. The van der Waals surface area contributed by atoms with Gasteiger partial charge in [-0.3, -0.25) is 0 Å². The van der Waals surface area contributed by atoms with Crippen molar-refractivity contribution < 1.29 is 14.6 Å². The summed E-state index contributed by atoms with van der Waals surface area (Å²) in [6.07, 6.45) is -0.0611. The Labute approximate surface area is 108 Å². The number of rotatable bonds is 6. The fraction of sp³-hybridized carbons (Fsp3) is 0.571.